The Morgan fingerprint density at radius 1 is 0.939 bits per heavy atom. The van der Waals surface area contributed by atoms with E-state index in [1.807, 2.05) is 24.3 Å². The van der Waals surface area contributed by atoms with Crippen LogP contribution in [0.25, 0.3) is 0 Å². The first kappa shape index (κ1) is 24.0. The van der Waals surface area contributed by atoms with E-state index >= 15 is 0 Å². The van der Waals surface area contributed by atoms with Crippen molar-refractivity contribution >= 4 is 0 Å². The summed E-state index contributed by atoms with van der Waals surface area (Å²) in [6.45, 7) is 2.94. The maximum absolute atomic E-state index is 10.8. The van der Waals surface area contributed by atoms with Gasteiger partial charge in [0, 0.05) is 19.1 Å². The Hall–Kier alpha value is -2.12. The van der Waals surface area contributed by atoms with Crippen LogP contribution in [0.2, 0.25) is 0 Å². The van der Waals surface area contributed by atoms with Gasteiger partial charge >= 0.3 is 0 Å². The zero-order chi connectivity index (χ0) is 23.0. The summed E-state index contributed by atoms with van der Waals surface area (Å²) < 4.78 is 23.2. The summed E-state index contributed by atoms with van der Waals surface area (Å²) in [6, 6.07) is 16.3. The molecule has 1 N–H and O–H groups in total. The fourth-order valence-corrected chi connectivity index (χ4v) is 5.04. The minimum absolute atomic E-state index is 0.140. The van der Waals surface area contributed by atoms with Crippen LogP contribution in [0.15, 0.2) is 48.5 Å². The normalized spacial score (nSPS) is 24.5. The number of nitrogens with zero attached hydrogens (tertiary/aromatic N) is 1. The molecule has 1 saturated carbocycles. The van der Waals surface area contributed by atoms with E-state index in [0.29, 0.717) is 24.1 Å². The number of ether oxygens (including phenoxy) is 4. The predicted octanol–water partition coefficient (Wildman–Crippen LogP) is 4.36. The molecule has 6 heteroatoms. The lowest BCUT2D eigenvalue weighted by molar-refractivity contribution is -0.0653. The van der Waals surface area contributed by atoms with Gasteiger partial charge < -0.3 is 24.1 Å². The Morgan fingerprint density at radius 2 is 1.73 bits per heavy atom. The molecule has 2 fully saturated rings. The molecule has 0 bridgehead atoms. The molecule has 6 nitrogen and oxygen atoms in total. The number of rotatable bonds is 10. The van der Waals surface area contributed by atoms with Gasteiger partial charge in [-0.2, -0.15) is 0 Å². The molecule has 4 atom stereocenters. The van der Waals surface area contributed by atoms with Gasteiger partial charge in [-0.3, -0.25) is 4.90 Å². The largest absolute Gasteiger partial charge is 0.493 e. The van der Waals surface area contributed by atoms with Gasteiger partial charge in [-0.15, -0.1) is 0 Å². The van der Waals surface area contributed by atoms with Crippen molar-refractivity contribution in [3.05, 3.63) is 59.7 Å². The van der Waals surface area contributed by atoms with E-state index in [0.717, 1.165) is 37.9 Å². The van der Waals surface area contributed by atoms with E-state index in [2.05, 4.69) is 29.2 Å². The van der Waals surface area contributed by atoms with E-state index < -0.39 is 6.10 Å². The zero-order valence-electron chi connectivity index (χ0n) is 19.8. The minimum atomic E-state index is -0.701. The summed E-state index contributed by atoms with van der Waals surface area (Å²) in [4.78, 5) is 2.54. The highest BCUT2D eigenvalue weighted by Gasteiger charge is 2.35. The lowest BCUT2D eigenvalue weighted by Gasteiger charge is -2.38. The van der Waals surface area contributed by atoms with Crippen molar-refractivity contribution in [3.63, 3.8) is 0 Å². The van der Waals surface area contributed by atoms with Gasteiger partial charge in [0.05, 0.1) is 39.6 Å². The fraction of sp³-hybridized carbons (Fsp3) is 0.556. The Labute approximate surface area is 197 Å². The van der Waals surface area contributed by atoms with E-state index in [9.17, 15) is 5.11 Å². The molecule has 1 aliphatic heterocycles. The van der Waals surface area contributed by atoms with Gasteiger partial charge in [0.2, 0.25) is 0 Å². The maximum atomic E-state index is 10.8. The second kappa shape index (κ2) is 11.8. The average Bonchev–Trinajstić information content (AvgIpc) is 3.35. The summed E-state index contributed by atoms with van der Waals surface area (Å²) in [6.07, 6.45) is 5.35. The van der Waals surface area contributed by atoms with Gasteiger partial charge in [-0.05, 0) is 42.5 Å². The van der Waals surface area contributed by atoms with Crippen LogP contribution in [0.5, 0.6) is 11.5 Å². The van der Waals surface area contributed by atoms with Crippen molar-refractivity contribution in [1.82, 2.24) is 4.90 Å². The lowest BCUT2D eigenvalue weighted by Crippen LogP contribution is -2.46. The number of methoxy groups -OCH3 is 2. The third-order valence-corrected chi connectivity index (χ3v) is 6.90. The van der Waals surface area contributed by atoms with E-state index in [1.165, 1.54) is 18.4 Å². The molecular weight excluding hydrogens is 418 g/mol. The van der Waals surface area contributed by atoms with Crippen LogP contribution in [0.4, 0.5) is 0 Å². The molecule has 0 aromatic heterocycles. The molecule has 2 aromatic carbocycles. The standard InChI is InChI=1S/C27H37NO5/c1-30-26-13-12-21(16-27(26)31-2)24(29)19-33-25-11-7-6-10-23(25)28-15-14-22(17-28)32-18-20-8-4-3-5-9-20/h3-5,8-9,12-13,16,22-25,29H,6-7,10-11,14-15,17-19H2,1-2H3. The molecule has 2 aromatic rings. The molecule has 1 saturated heterocycles. The van der Waals surface area contributed by atoms with Crippen LogP contribution < -0.4 is 9.47 Å². The van der Waals surface area contributed by atoms with Crippen LogP contribution in [0.3, 0.4) is 0 Å². The van der Waals surface area contributed by atoms with Crippen molar-refractivity contribution in [2.24, 2.45) is 0 Å². The van der Waals surface area contributed by atoms with Gasteiger partial charge in [-0.1, -0.05) is 49.2 Å². The van der Waals surface area contributed by atoms with Gasteiger partial charge in [-0.25, -0.2) is 0 Å². The molecule has 0 spiro atoms. The number of hydrogen-bond acceptors (Lipinski definition) is 6. The van der Waals surface area contributed by atoms with E-state index in [4.69, 9.17) is 18.9 Å². The minimum Gasteiger partial charge on any atom is -0.493 e. The zero-order valence-corrected chi connectivity index (χ0v) is 19.8. The van der Waals surface area contributed by atoms with Crippen molar-refractivity contribution in [2.45, 2.75) is 63.1 Å². The third kappa shape index (κ3) is 6.27. The van der Waals surface area contributed by atoms with Crippen LogP contribution in [0.1, 0.15) is 49.3 Å². The summed E-state index contributed by atoms with van der Waals surface area (Å²) in [7, 11) is 3.21. The second-order valence-corrected chi connectivity index (χ2v) is 9.06. The Kier molecular flexibility index (Phi) is 8.62. The number of aliphatic hydroxyl groups excluding tert-OH is 1. The molecule has 33 heavy (non-hydrogen) atoms. The van der Waals surface area contributed by atoms with Crippen molar-refractivity contribution in [3.8, 4) is 11.5 Å². The second-order valence-electron chi connectivity index (χ2n) is 9.06. The van der Waals surface area contributed by atoms with Gasteiger partial charge in [0.1, 0.15) is 6.10 Å². The van der Waals surface area contributed by atoms with Crippen molar-refractivity contribution < 1.29 is 24.1 Å². The quantitative estimate of drug-likeness (QED) is 0.575. The summed E-state index contributed by atoms with van der Waals surface area (Å²) in [5, 5.41) is 10.8. The molecule has 2 aliphatic rings. The fourth-order valence-electron chi connectivity index (χ4n) is 5.04. The van der Waals surface area contributed by atoms with Crippen molar-refractivity contribution in [1.29, 1.82) is 0 Å². The summed E-state index contributed by atoms with van der Waals surface area (Å²) >= 11 is 0. The molecule has 4 rings (SSSR count). The smallest absolute Gasteiger partial charge is 0.161 e. The molecule has 0 amide bonds. The van der Waals surface area contributed by atoms with Crippen LogP contribution in [-0.2, 0) is 16.1 Å². The monoisotopic (exact) mass is 455 g/mol. The summed E-state index contributed by atoms with van der Waals surface area (Å²) in [5.74, 6) is 1.27. The molecular formula is C27H37NO5. The highest BCUT2D eigenvalue weighted by atomic mass is 16.5. The number of aliphatic hydroxyl groups is 1. The van der Waals surface area contributed by atoms with Gasteiger partial charge in [0.25, 0.3) is 0 Å². The Bertz CT molecular complexity index is 861. The molecule has 1 aliphatic carbocycles. The Balaban J connectivity index is 1.29. The lowest BCUT2D eigenvalue weighted by atomic mass is 9.91. The highest BCUT2D eigenvalue weighted by Crippen LogP contribution is 2.32. The maximum Gasteiger partial charge on any atom is 0.161 e. The van der Waals surface area contributed by atoms with Crippen molar-refractivity contribution in [2.75, 3.05) is 33.9 Å². The third-order valence-electron chi connectivity index (χ3n) is 6.90. The van der Waals surface area contributed by atoms with Gasteiger partial charge in [0.15, 0.2) is 11.5 Å². The van der Waals surface area contributed by atoms with E-state index in [1.54, 1.807) is 14.2 Å². The molecule has 4 unspecified atom stereocenters. The first-order valence-electron chi connectivity index (χ1n) is 12.1. The highest BCUT2D eigenvalue weighted by molar-refractivity contribution is 5.43. The average molecular weight is 456 g/mol. The topological polar surface area (TPSA) is 60.4 Å². The number of likely N-dealkylation sites (tertiary alicyclic amines) is 1. The van der Waals surface area contributed by atoms with Crippen LogP contribution in [0, 0.1) is 0 Å². The number of benzene rings is 2. The predicted molar refractivity (Wildman–Crippen MR) is 128 cm³/mol. The Morgan fingerprint density at radius 3 is 2.52 bits per heavy atom. The van der Waals surface area contributed by atoms with E-state index in [-0.39, 0.29) is 18.8 Å². The SMILES string of the molecule is COc1ccc(C(O)COC2CCCCC2N2CCC(OCc3ccccc3)C2)cc1OC. The molecule has 1 heterocycles. The van der Waals surface area contributed by atoms with Crippen LogP contribution >= 0.6 is 0 Å². The van der Waals surface area contributed by atoms with Crippen LogP contribution in [-0.4, -0.2) is 62.2 Å². The first-order valence-corrected chi connectivity index (χ1v) is 12.1. The number of hydrogen-bond donors (Lipinski definition) is 1. The molecule has 180 valence electrons. The first-order chi connectivity index (χ1) is 16.2. The summed E-state index contributed by atoms with van der Waals surface area (Å²) in [5.41, 5.74) is 1.99. The molecule has 0 radical (unpaired) electrons.